The maximum atomic E-state index is 5.83. The van der Waals surface area contributed by atoms with Crippen molar-refractivity contribution in [1.82, 2.24) is 4.72 Å². The number of benzene rings is 1. The first kappa shape index (κ1) is 11.2. The fourth-order valence-corrected chi connectivity index (χ4v) is 1.63. The van der Waals surface area contributed by atoms with Crippen LogP contribution in [0.5, 0.6) is 5.75 Å². The Morgan fingerprint density at radius 3 is 2.64 bits per heavy atom. The number of nitrogens with one attached hydrogen (secondary N) is 1. The van der Waals surface area contributed by atoms with Gasteiger partial charge in [0, 0.05) is 4.90 Å². The minimum absolute atomic E-state index is 0.153. The van der Waals surface area contributed by atoms with E-state index in [0.29, 0.717) is 5.69 Å². The zero-order chi connectivity index (χ0) is 10.6. The Morgan fingerprint density at radius 2 is 2.14 bits per heavy atom. The Bertz CT molecular complexity index is 302. The summed E-state index contributed by atoms with van der Waals surface area (Å²) in [6.07, 6.45) is 0.153. The van der Waals surface area contributed by atoms with Crippen molar-refractivity contribution in [1.29, 1.82) is 0 Å². The van der Waals surface area contributed by atoms with Crippen LogP contribution in [-0.2, 0) is 0 Å². The fraction of sp³-hybridized carbons (Fsp3) is 0.400. The van der Waals surface area contributed by atoms with E-state index in [2.05, 4.69) is 4.72 Å². The molecule has 0 radical (unpaired) electrons. The first-order chi connectivity index (χ1) is 6.63. The maximum Gasteiger partial charge on any atom is 0.142 e. The summed E-state index contributed by atoms with van der Waals surface area (Å²) in [7, 11) is 1.87. The number of nitrogen functional groups attached to an aromatic ring is 1. The van der Waals surface area contributed by atoms with Crippen LogP contribution in [0.1, 0.15) is 13.8 Å². The van der Waals surface area contributed by atoms with Crippen LogP contribution in [0.4, 0.5) is 5.69 Å². The van der Waals surface area contributed by atoms with Crippen LogP contribution in [0.15, 0.2) is 23.1 Å². The highest BCUT2D eigenvalue weighted by molar-refractivity contribution is 7.97. The molecule has 3 nitrogen and oxygen atoms in total. The number of ether oxygens (including phenoxy) is 1. The number of hydrogen-bond donors (Lipinski definition) is 2. The molecule has 78 valence electrons. The highest BCUT2D eigenvalue weighted by atomic mass is 32.2. The predicted molar refractivity (Wildman–Crippen MR) is 61.5 cm³/mol. The Hall–Kier alpha value is -0.870. The molecule has 0 heterocycles. The highest BCUT2D eigenvalue weighted by Crippen LogP contribution is 2.27. The minimum Gasteiger partial charge on any atom is -0.489 e. The van der Waals surface area contributed by atoms with Gasteiger partial charge in [-0.05, 0) is 51.0 Å². The Kier molecular flexibility index (Phi) is 4.10. The van der Waals surface area contributed by atoms with Gasteiger partial charge in [0.1, 0.15) is 5.75 Å². The number of nitrogens with two attached hydrogens (primary N) is 1. The molecule has 1 rings (SSSR count). The standard InChI is InChI=1S/C10H16N2OS/c1-7(2)13-10-5-4-8(14-12-3)6-9(10)11/h4-7,12H,11H2,1-3H3. The largest absolute Gasteiger partial charge is 0.489 e. The summed E-state index contributed by atoms with van der Waals surface area (Å²) >= 11 is 1.53. The summed E-state index contributed by atoms with van der Waals surface area (Å²) in [4.78, 5) is 1.08. The van der Waals surface area contributed by atoms with Gasteiger partial charge in [-0.15, -0.1) is 0 Å². The summed E-state index contributed by atoms with van der Waals surface area (Å²) in [5.41, 5.74) is 6.51. The topological polar surface area (TPSA) is 47.3 Å². The van der Waals surface area contributed by atoms with Gasteiger partial charge in [-0.3, -0.25) is 4.72 Å². The van der Waals surface area contributed by atoms with Crippen LogP contribution in [0.2, 0.25) is 0 Å². The van der Waals surface area contributed by atoms with Gasteiger partial charge in [-0.2, -0.15) is 0 Å². The minimum atomic E-state index is 0.153. The molecule has 14 heavy (non-hydrogen) atoms. The van der Waals surface area contributed by atoms with E-state index in [4.69, 9.17) is 10.5 Å². The van der Waals surface area contributed by atoms with E-state index < -0.39 is 0 Å². The van der Waals surface area contributed by atoms with Crippen LogP contribution in [-0.4, -0.2) is 13.2 Å². The Labute approximate surface area is 89.2 Å². The van der Waals surface area contributed by atoms with Crippen molar-refractivity contribution in [2.45, 2.75) is 24.8 Å². The van der Waals surface area contributed by atoms with Crippen LogP contribution < -0.4 is 15.2 Å². The van der Waals surface area contributed by atoms with Gasteiger partial charge >= 0.3 is 0 Å². The van der Waals surface area contributed by atoms with Gasteiger partial charge in [0.05, 0.1) is 11.8 Å². The lowest BCUT2D eigenvalue weighted by Crippen LogP contribution is -2.07. The Morgan fingerprint density at radius 1 is 1.43 bits per heavy atom. The third kappa shape index (κ3) is 3.12. The van der Waals surface area contributed by atoms with Crippen molar-refractivity contribution >= 4 is 17.6 Å². The molecule has 0 aromatic heterocycles. The third-order valence-corrected chi connectivity index (χ3v) is 2.26. The average Bonchev–Trinajstić information content (AvgIpc) is 2.10. The van der Waals surface area contributed by atoms with Crippen LogP contribution in [0.25, 0.3) is 0 Å². The first-order valence-corrected chi connectivity index (χ1v) is 5.35. The molecule has 1 aromatic rings. The van der Waals surface area contributed by atoms with E-state index in [1.165, 1.54) is 11.9 Å². The normalized spacial score (nSPS) is 10.6. The van der Waals surface area contributed by atoms with Crippen molar-refractivity contribution in [3.8, 4) is 5.75 Å². The molecule has 0 saturated carbocycles. The van der Waals surface area contributed by atoms with Gasteiger partial charge in [0.2, 0.25) is 0 Å². The monoisotopic (exact) mass is 212 g/mol. The molecular formula is C10H16N2OS. The van der Waals surface area contributed by atoms with Gasteiger partial charge in [-0.25, -0.2) is 0 Å². The van der Waals surface area contributed by atoms with Crippen molar-refractivity contribution in [3.05, 3.63) is 18.2 Å². The van der Waals surface area contributed by atoms with Crippen molar-refractivity contribution in [2.75, 3.05) is 12.8 Å². The molecule has 4 heteroatoms. The summed E-state index contributed by atoms with van der Waals surface area (Å²) in [5, 5.41) is 0. The second-order valence-corrected chi connectivity index (χ2v) is 4.26. The van der Waals surface area contributed by atoms with E-state index in [9.17, 15) is 0 Å². The molecule has 0 aliphatic rings. The SMILES string of the molecule is CNSc1ccc(OC(C)C)c(N)c1. The molecule has 1 aromatic carbocycles. The summed E-state index contributed by atoms with van der Waals surface area (Å²) in [6, 6.07) is 5.78. The summed E-state index contributed by atoms with van der Waals surface area (Å²) in [5.74, 6) is 0.750. The zero-order valence-corrected chi connectivity index (χ0v) is 9.52. The molecule has 0 amide bonds. The molecule has 0 fully saturated rings. The second-order valence-electron chi connectivity index (χ2n) is 3.17. The molecule has 0 spiro atoms. The van der Waals surface area contributed by atoms with Crippen molar-refractivity contribution < 1.29 is 4.74 Å². The van der Waals surface area contributed by atoms with E-state index >= 15 is 0 Å². The third-order valence-electron chi connectivity index (χ3n) is 1.56. The smallest absolute Gasteiger partial charge is 0.142 e. The summed E-state index contributed by atoms with van der Waals surface area (Å²) in [6.45, 7) is 3.96. The lowest BCUT2D eigenvalue weighted by Gasteiger charge is -2.12. The lowest BCUT2D eigenvalue weighted by molar-refractivity contribution is 0.243. The quantitative estimate of drug-likeness (QED) is 0.594. The van der Waals surface area contributed by atoms with E-state index in [1.54, 1.807) is 0 Å². The Balaban J connectivity index is 2.79. The highest BCUT2D eigenvalue weighted by Gasteiger charge is 2.03. The molecular weight excluding hydrogens is 196 g/mol. The summed E-state index contributed by atoms with van der Waals surface area (Å²) < 4.78 is 8.52. The van der Waals surface area contributed by atoms with Crippen LogP contribution in [0, 0.1) is 0 Å². The molecule has 3 N–H and O–H groups in total. The van der Waals surface area contributed by atoms with Crippen molar-refractivity contribution in [3.63, 3.8) is 0 Å². The molecule has 0 aliphatic heterocycles. The van der Waals surface area contributed by atoms with Gasteiger partial charge in [0.15, 0.2) is 0 Å². The van der Waals surface area contributed by atoms with Gasteiger partial charge in [-0.1, -0.05) is 0 Å². The van der Waals surface area contributed by atoms with Crippen LogP contribution in [0.3, 0.4) is 0 Å². The van der Waals surface area contributed by atoms with Crippen molar-refractivity contribution in [2.24, 2.45) is 0 Å². The second kappa shape index (κ2) is 5.12. The first-order valence-electron chi connectivity index (χ1n) is 4.53. The van der Waals surface area contributed by atoms with E-state index in [-0.39, 0.29) is 6.10 Å². The lowest BCUT2D eigenvalue weighted by atomic mass is 10.3. The molecule has 0 aliphatic carbocycles. The molecule has 0 unspecified atom stereocenters. The number of hydrogen-bond acceptors (Lipinski definition) is 4. The molecule has 0 bridgehead atoms. The average molecular weight is 212 g/mol. The zero-order valence-electron chi connectivity index (χ0n) is 8.70. The van der Waals surface area contributed by atoms with E-state index in [1.807, 2.05) is 39.1 Å². The van der Waals surface area contributed by atoms with Gasteiger partial charge in [0.25, 0.3) is 0 Å². The number of anilines is 1. The van der Waals surface area contributed by atoms with Crippen LogP contribution >= 0.6 is 11.9 Å². The van der Waals surface area contributed by atoms with Gasteiger partial charge < -0.3 is 10.5 Å². The fourth-order valence-electron chi connectivity index (χ4n) is 1.07. The predicted octanol–water partition coefficient (Wildman–Crippen LogP) is 2.28. The van der Waals surface area contributed by atoms with E-state index in [0.717, 1.165) is 10.6 Å². The maximum absolute atomic E-state index is 5.83. The molecule has 0 atom stereocenters. The molecule has 0 saturated heterocycles. The number of rotatable bonds is 4.